The fourth-order valence-corrected chi connectivity index (χ4v) is 4.94. The van der Waals surface area contributed by atoms with E-state index in [1.807, 2.05) is 29.6 Å². The summed E-state index contributed by atoms with van der Waals surface area (Å²) in [6, 6.07) is 8.08. The summed E-state index contributed by atoms with van der Waals surface area (Å²) in [6.07, 6.45) is 1.98. The van der Waals surface area contributed by atoms with Crippen molar-refractivity contribution in [2.24, 2.45) is 11.7 Å². The fraction of sp³-hybridized carbons (Fsp3) is 0.444. The van der Waals surface area contributed by atoms with Crippen molar-refractivity contribution in [1.82, 2.24) is 9.88 Å². The van der Waals surface area contributed by atoms with Gasteiger partial charge in [0, 0.05) is 41.8 Å². The number of benzene rings is 1. The van der Waals surface area contributed by atoms with Crippen LogP contribution in [0.15, 0.2) is 29.6 Å². The number of nitrogens with zero attached hydrogens (tertiary/aromatic N) is 2. The van der Waals surface area contributed by atoms with E-state index >= 15 is 0 Å². The zero-order valence-corrected chi connectivity index (χ0v) is 15.3. The number of amides is 1. The molecule has 2 saturated heterocycles. The van der Waals surface area contributed by atoms with E-state index in [2.05, 4.69) is 4.90 Å². The second kappa shape index (κ2) is 7.03. The van der Waals surface area contributed by atoms with E-state index < -0.39 is 0 Å². The Hall–Kier alpha value is -1.47. The van der Waals surface area contributed by atoms with Crippen LogP contribution in [0.4, 0.5) is 0 Å². The first kappa shape index (κ1) is 17.0. The molecule has 2 aliphatic heterocycles. The van der Waals surface area contributed by atoms with Crippen molar-refractivity contribution < 1.29 is 9.53 Å². The number of ether oxygens (including phenoxy) is 1. The molecule has 25 heavy (non-hydrogen) atoms. The normalized spacial score (nSPS) is 24.8. The summed E-state index contributed by atoms with van der Waals surface area (Å²) in [6.45, 7) is 2.27. The van der Waals surface area contributed by atoms with Crippen molar-refractivity contribution in [2.75, 3.05) is 19.8 Å². The summed E-state index contributed by atoms with van der Waals surface area (Å²) in [5.41, 5.74) is 7.39. The predicted molar refractivity (Wildman–Crippen MR) is 98.5 cm³/mol. The van der Waals surface area contributed by atoms with Gasteiger partial charge >= 0.3 is 0 Å². The smallest absolute Gasteiger partial charge is 0.223 e. The van der Waals surface area contributed by atoms with Crippen LogP contribution in [0.2, 0.25) is 5.02 Å². The van der Waals surface area contributed by atoms with Gasteiger partial charge in [-0.05, 0) is 18.9 Å². The Bertz CT molecular complexity index is 775. The molecule has 2 N–H and O–H groups in total. The van der Waals surface area contributed by atoms with Crippen LogP contribution in [0.5, 0.6) is 0 Å². The van der Waals surface area contributed by atoms with Gasteiger partial charge in [-0.2, -0.15) is 0 Å². The highest BCUT2D eigenvalue weighted by atomic mass is 35.5. The Morgan fingerprint density at radius 1 is 1.32 bits per heavy atom. The van der Waals surface area contributed by atoms with Crippen molar-refractivity contribution in [3.63, 3.8) is 0 Å². The number of carbonyl (C=O) groups is 1. The van der Waals surface area contributed by atoms with E-state index in [0.29, 0.717) is 17.6 Å². The number of hydrogen-bond donors (Lipinski definition) is 1. The van der Waals surface area contributed by atoms with Gasteiger partial charge in [0.05, 0.1) is 17.7 Å². The Morgan fingerprint density at radius 3 is 2.80 bits per heavy atom. The van der Waals surface area contributed by atoms with Crippen LogP contribution >= 0.6 is 22.9 Å². The van der Waals surface area contributed by atoms with Crippen LogP contribution in [-0.2, 0) is 9.53 Å². The number of thiazole rings is 1. The molecule has 4 rings (SSSR count). The molecule has 7 heteroatoms. The molecule has 2 aliphatic rings. The number of likely N-dealkylation sites (tertiary alicyclic amines) is 1. The molecule has 2 fully saturated rings. The quantitative estimate of drug-likeness (QED) is 0.888. The molecule has 2 atom stereocenters. The maximum Gasteiger partial charge on any atom is 0.223 e. The molecule has 0 radical (unpaired) electrons. The highest BCUT2D eigenvalue weighted by molar-refractivity contribution is 7.10. The number of primary amides is 1. The third kappa shape index (κ3) is 3.19. The van der Waals surface area contributed by atoms with Gasteiger partial charge in [0.1, 0.15) is 5.01 Å². The lowest BCUT2D eigenvalue weighted by molar-refractivity contribution is -0.137. The summed E-state index contributed by atoms with van der Waals surface area (Å²) in [4.78, 5) is 19.0. The molecule has 0 saturated carbocycles. The van der Waals surface area contributed by atoms with Crippen molar-refractivity contribution in [3.05, 3.63) is 39.7 Å². The van der Waals surface area contributed by atoms with Crippen molar-refractivity contribution in [2.45, 2.75) is 24.9 Å². The van der Waals surface area contributed by atoms with Crippen molar-refractivity contribution >= 4 is 28.8 Å². The van der Waals surface area contributed by atoms with Gasteiger partial charge in [0.25, 0.3) is 0 Å². The van der Waals surface area contributed by atoms with Crippen LogP contribution in [0.25, 0.3) is 11.3 Å². The number of aromatic nitrogens is 1. The highest BCUT2D eigenvalue weighted by Gasteiger charge is 2.48. The molecular formula is C18H20ClN3O2S. The average Bonchev–Trinajstić information content (AvgIpc) is 3.04. The summed E-state index contributed by atoms with van der Waals surface area (Å²) < 4.78 is 5.46. The van der Waals surface area contributed by atoms with Gasteiger partial charge in [-0.3, -0.25) is 9.69 Å². The van der Waals surface area contributed by atoms with E-state index in [4.69, 9.17) is 27.1 Å². The molecule has 3 heterocycles. The third-order valence-electron chi connectivity index (χ3n) is 5.10. The molecule has 1 aromatic carbocycles. The lowest BCUT2D eigenvalue weighted by atomic mass is 9.85. The van der Waals surface area contributed by atoms with Gasteiger partial charge in [0.2, 0.25) is 5.91 Å². The van der Waals surface area contributed by atoms with E-state index in [0.717, 1.165) is 42.3 Å². The number of carbonyl (C=O) groups excluding carboxylic acids is 1. The average molecular weight is 378 g/mol. The first-order valence-corrected chi connectivity index (χ1v) is 9.74. The minimum Gasteiger partial charge on any atom is -0.381 e. The Labute approximate surface area is 155 Å². The van der Waals surface area contributed by atoms with Crippen molar-refractivity contribution in [1.29, 1.82) is 0 Å². The van der Waals surface area contributed by atoms with Gasteiger partial charge in [-0.1, -0.05) is 29.8 Å². The van der Waals surface area contributed by atoms with Crippen LogP contribution in [0, 0.1) is 5.92 Å². The van der Waals surface area contributed by atoms with Crippen LogP contribution in [-0.4, -0.2) is 41.6 Å². The Morgan fingerprint density at radius 2 is 2.08 bits per heavy atom. The van der Waals surface area contributed by atoms with E-state index in [9.17, 15) is 4.79 Å². The van der Waals surface area contributed by atoms with Crippen LogP contribution in [0.1, 0.15) is 23.9 Å². The molecule has 132 valence electrons. The first-order valence-electron chi connectivity index (χ1n) is 8.48. The topological polar surface area (TPSA) is 68.5 Å². The highest BCUT2D eigenvalue weighted by Crippen LogP contribution is 2.44. The molecule has 1 amide bonds. The third-order valence-corrected chi connectivity index (χ3v) is 6.34. The van der Waals surface area contributed by atoms with E-state index in [-0.39, 0.29) is 17.9 Å². The van der Waals surface area contributed by atoms with Crippen LogP contribution in [0.3, 0.4) is 0 Å². The monoisotopic (exact) mass is 377 g/mol. The number of hydrogen-bond acceptors (Lipinski definition) is 5. The lowest BCUT2D eigenvalue weighted by Crippen LogP contribution is -2.59. The maximum atomic E-state index is 11.9. The van der Waals surface area contributed by atoms with Gasteiger partial charge in [0.15, 0.2) is 0 Å². The molecule has 0 aliphatic carbocycles. The number of nitrogens with two attached hydrogens (primary N) is 1. The standard InChI is InChI=1S/C18H20ClN3O2S/c19-14-4-2-1-3-12(14)15-10-25-18(21-15)16-13(17(20)23)9-22(16)11-5-7-24-8-6-11/h1-4,10-11,13,16H,5-9H2,(H2,20,23). The molecular weight excluding hydrogens is 358 g/mol. The molecule has 0 bridgehead atoms. The largest absolute Gasteiger partial charge is 0.381 e. The van der Waals surface area contributed by atoms with Gasteiger partial charge < -0.3 is 10.5 Å². The minimum absolute atomic E-state index is 0.0261. The van der Waals surface area contributed by atoms with Crippen molar-refractivity contribution in [3.8, 4) is 11.3 Å². The first-order chi connectivity index (χ1) is 12.1. The molecule has 0 spiro atoms. The second-order valence-electron chi connectivity index (χ2n) is 6.54. The van der Waals surface area contributed by atoms with Gasteiger partial charge in [-0.15, -0.1) is 11.3 Å². The van der Waals surface area contributed by atoms with E-state index in [1.54, 1.807) is 11.3 Å². The molecule has 2 aromatic rings. The predicted octanol–water partition coefficient (Wildman–Crippen LogP) is 3.10. The molecule has 1 aromatic heterocycles. The van der Waals surface area contributed by atoms with Crippen LogP contribution < -0.4 is 5.73 Å². The zero-order chi connectivity index (χ0) is 17.4. The summed E-state index contributed by atoms with van der Waals surface area (Å²) >= 11 is 7.87. The Balaban J connectivity index is 1.61. The summed E-state index contributed by atoms with van der Waals surface area (Å²) in [5.74, 6) is -0.420. The van der Waals surface area contributed by atoms with E-state index in [1.165, 1.54) is 0 Å². The lowest BCUT2D eigenvalue weighted by Gasteiger charge is -2.50. The number of rotatable bonds is 4. The summed E-state index contributed by atoms with van der Waals surface area (Å²) in [5, 5.41) is 3.63. The fourth-order valence-electron chi connectivity index (χ4n) is 3.70. The zero-order valence-electron chi connectivity index (χ0n) is 13.7. The maximum absolute atomic E-state index is 11.9. The summed E-state index contributed by atoms with van der Waals surface area (Å²) in [7, 11) is 0. The second-order valence-corrected chi connectivity index (χ2v) is 7.84. The number of halogens is 1. The Kier molecular flexibility index (Phi) is 4.78. The SMILES string of the molecule is NC(=O)C1CN(C2CCOCC2)C1c1nc(-c2ccccc2Cl)cs1. The van der Waals surface area contributed by atoms with Gasteiger partial charge in [-0.25, -0.2) is 4.98 Å². The minimum atomic E-state index is -0.247. The molecule has 2 unspecified atom stereocenters. The molecule has 5 nitrogen and oxygen atoms in total.